The Morgan fingerprint density at radius 1 is 1.06 bits per heavy atom. The lowest BCUT2D eigenvalue weighted by atomic mass is 9.94. The molecule has 2 aromatic rings. The molecule has 0 aromatic heterocycles. The first kappa shape index (κ1) is 23.3. The lowest BCUT2D eigenvalue weighted by molar-refractivity contribution is -0.0390. The van der Waals surface area contributed by atoms with Gasteiger partial charge in [0.05, 0.1) is 19.3 Å². The molecule has 1 aliphatic heterocycles. The Hall–Kier alpha value is -2.37. The minimum Gasteiger partial charge on any atom is -0.381 e. The van der Waals surface area contributed by atoms with Crippen molar-refractivity contribution in [3.63, 3.8) is 0 Å². The summed E-state index contributed by atoms with van der Waals surface area (Å²) < 4.78 is 11.5. The molecule has 0 aliphatic carbocycles. The van der Waals surface area contributed by atoms with Crippen LogP contribution in [-0.4, -0.2) is 37.9 Å². The normalized spacial score (nSPS) is 17.2. The van der Waals surface area contributed by atoms with Crippen molar-refractivity contribution in [3.8, 4) is 0 Å². The number of nitrogens with one attached hydrogen (secondary N) is 2. The molecular weight excluding hydrogens is 386 g/mol. The van der Waals surface area contributed by atoms with Gasteiger partial charge in [-0.25, -0.2) is 4.99 Å². The zero-order valence-corrected chi connectivity index (χ0v) is 19.1. The van der Waals surface area contributed by atoms with Crippen molar-refractivity contribution in [1.82, 2.24) is 10.6 Å². The number of aliphatic imine (C=N–C) groups is 1. The van der Waals surface area contributed by atoms with Crippen LogP contribution in [0, 0.1) is 0 Å². The molecule has 0 spiro atoms. The van der Waals surface area contributed by atoms with E-state index < -0.39 is 0 Å². The summed E-state index contributed by atoms with van der Waals surface area (Å²) in [5, 5.41) is 6.95. The van der Waals surface area contributed by atoms with Crippen LogP contribution < -0.4 is 10.6 Å². The highest BCUT2D eigenvalue weighted by atomic mass is 16.5. The minimum absolute atomic E-state index is 0.263. The molecule has 2 N–H and O–H groups in total. The number of nitrogens with zero attached hydrogens (tertiary/aromatic N) is 1. The average Bonchev–Trinajstić information content (AvgIpc) is 2.82. The highest BCUT2D eigenvalue weighted by Gasteiger charge is 2.16. The minimum atomic E-state index is 0.263. The summed E-state index contributed by atoms with van der Waals surface area (Å²) in [4.78, 5) is 4.83. The van der Waals surface area contributed by atoms with E-state index in [1.54, 1.807) is 0 Å². The topological polar surface area (TPSA) is 54.9 Å². The van der Waals surface area contributed by atoms with Gasteiger partial charge in [0, 0.05) is 31.7 Å². The summed E-state index contributed by atoms with van der Waals surface area (Å²) in [7, 11) is 0. The predicted octanol–water partition coefficient (Wildman–Crippen LogP) is 4.63. The summed E-state index contributed by atoms with van der Waals surface area (Å²) in [5.74, 6) is 1.23. The van der Waals surface area contributed by atoms with E-state index in [4.69, 9.17) is 14.5 Å². The molecule has 1 fully saturated rings. The highest BCUT2D eigenvalue weighted by molar-refractivity contribution is 5.80. The zero-order chi connectivity index (χ0) is 21.9. The lowest BCUT2D eigenvalue weighted by Crippen LogP contribution is -2.44. The maximum atomic E-state index is 6.07. The molecule has 3 rings (SSSR count). The maximum Gasteiger partial charge on any atom is 0.191 e. The molecule has 1 saturated heterocycles. The first-order valence-electron chi connectivity index (χ1n) is 11.5. The quantitative estimate of drug-likeness (QED) is 0.456. The Balaban J connectivity index is 1.56. The van der Waals surface area contributed by atoms with E-state index >= 15 is 0 Å². The third-order valence-corrected chi connectivity index (χ3v) is 5.85. The third-order valence-electron chi connectivity index (χ3n) is 5.85. The summed E-state index contributed by atoms with van der Waals surface area (Å²) in [6, 6.07) is 19.4. The molecule has 1 heterocycles. The summed E-state index contributed by atoms with van der Waals surface area (Å²) in [6.07, 6.45) is 2.29. The number of rotatable bonds is 9. The monoisotopic (exact) mass is 423 g/mol. The Bertz CT molecular complexity index is 803. The van der Waals surface area contributed by atoms with Gasteiger partial charge in [0.2, 0.25) is 0 Å². The molecule has 1 aliphatic rings. The van der Waals surface area contributed by atoms with Crippen molar-refractivity contribution in [2.45, 2.75) is 64.8 Å². The largest absolute Gasteiger partial charge is 0.381 e. The third kappa shape index (κ3) is 7.67. The fourth-order valence-corrected chi connectivity index (χ4v) is 3.75. The van der Waals surface area contributed by atoms with Crippen molar-refractivity contribution in [2.24, 2.45) is 4.99 Å². The van der Waals surface area contributed by atoms with Crippen molar-refractivity contribution in [2.75, 3.05) is 19.8 Å². The molecule has 5 nitrogen and oxygen atoms in total. The van der Waals surface area contributed by atoms with E-state index in [0.717, 1.165) is 38.6 Å². The number of benzene rings is 2. The first-order chi connectivity index (χ1) is 15.2. The van der Waals surface area contributed by atoms with E-state index in [1.165, 1.54) is 16.7 Å². The standard InChI is InChI=1S/C26H37N3O2/c1-4-27-26(29-21(3)20(2)24-11-6-5-7-12-24)28-18-22-9-8-10-23(17-22)19-31-25-13-15-30-16-14-25/h5-12,17,20-21,25H,4,13-16,18-19H2,1-3H3,(H2,27,28,29). The summed E-state index contributed by atoms with van der Waals surface area (Å²) in [6.45, 7) is 10.3. The van der Waals surface area contributed by atoms with E-state index in [2.05, 4.69) is 86.0 Å². The van der Waals surface area contributed by atoms with Gasteiger partial charge in [0.15, 0.2) is 5.96 Å². The zero-order valence-electron chi connectivity index (χ0n) is 19.1. The van der Waals surface area contributed by atoms with E-state index in [-0.39, 0.29) is 6.04 Å². The smallest absolute Gasteiger partial charge is 0.191 e. The molecule has 5 heteroatoms. The van der Waals surface area contributed by atoms with Gasteiger partial charge in [0.25, 0.3) is 0 Å². The van der Waals surface area contributed by atoms with Crippen LogP contribution in [0.25, 0.3) is 0 Å². The van der Waals surface area contributed by atoms with Crippen LogP contribution >= 0.6 is 0 Å². The maximum absolute atomic E-state index is 6.07. The van der Waals surface area contributed by atoms with Gasteiger partial charge in [-0.1, -0.05) is 61.5 Å². The Morgan fingerprint density at radius 3 is 2.55 bits per heavy atom. The van der Waals surface area contributed by atoms with Crippen LogP contribution in [0.5, 0.6) is 0 Å². The van der Waals surface area contributed by atoms with Crippen molar-refractivity contribution >= 4 is 5.96 Å². The number of hydrogen-bond acceptors (Lipinski definition) is 3. The van der Waals surface area contributed by atoms with Crippen LogP contribution in [0.1, 0.15) is 56.2 Å². The second-order valence-electron chi connectivity index (χ2n) is 8.27. The second kappa shape index (κ2) is 12.5. The molecule has 0 saturated carbocycles. The molecule has 2 atom stereocenters. The highest BCUT2D eigenvalue weighted by Crippen LogP contribution is 2.18. The number of hydrogen-bond donors (Lipinski definition) is 2. The number of guanidine groups is 1. The van der Waals surface area contributed by atoms with E-state index in [1.807, 2.05) is 0 Å². The van der Waals surface area contributed by atoms with E-state index in [0.29, 0.717) is 25.2 Å². The molecule has 2 unspecified atom stereocenters. The van der Waals surface area contributed by atoms with Crippen LogP contribution in [0.2, 0.25) is 0 Å². The molecule has 0 bridgehead atoms. The average molecular weight is 424 g/mol. The second-order valence-corrected chi connectivity index (χ2v) is 8.27. The molecular formula is C26H37N3O2. The molecule has 2 aromatic carbocycles. The molecule has 31 heavy (non-hydrogen) atoms. The van der Waals surface area contributed by atoms with Crippen LogP contribution in [0.3, 0.4) is 0 Å². The fraction of sp³-hybridized carbons (Fsp3) is 0.500. The van der Waals surface area contributed by atoms with Crippen molar-refractivity contribution in [1.29, 1.82) is 0 Å². The van der Waals surface area contributed by atoms with Gasteiger partial charge in [-0.05, 0) is 43.4 Å². The fourth-order valence-electron chi connectivity index (χ4n) is 3.75. The molecule has 0 radical (unpaired) electrons. The first-order valence-corrected chi connectivity index (χ1v) is 11.5. The van der Waals surface area contributed by atoms with Crippen LogP contribution in [0.15, 0.2) is 59.6 Å². The van der Waals surface area contributed by atoms with Gasteiger partial charge >= 0.3 is 0 Å². The van der Waals surface area contributed by atoms with E-state index in [9.17, 15) is 0 Å². The van der Waals surface area contributed by atoms with Gasteiger partial charge in [-0.3, -0.25) is 0 Å². The van der Waals surface area contributed by atoms with Crippen molar-refractivity contribution in [3.05, 3.63) is 71.3 Å². The lowest BCUT2D eigenvalue weighted by Gasteiger charge is -2.24. The van der Waals surface area contributed by atoms with Gasteiger partial charge < -0.3 is 20.1 Å². The Morgan fingerprint density at radius 2 is 1.81 bits per heavy atom. The Labute approximate surface area is 187 Å². The number of ether oxygens (including phenoxy) is 2. The summed E-state index contributed by atoms with van der Waals surface area (Å²) in [5.41, 5.74) is 3.72. The molecule has 168 valence electrons. The molecule has 0 amide bonds. The van der Waals surface area contributed by atoms with Crippen LogP contribution in [-0.2, 0) is 22.6 Å². The predicted molar refractivity (Wildman–Crippen MR) is 127 cm³/mol. The van der Waals surface area contributed by atoms with Gasteiger partial charge in [-0.15, -0.1) is 0 Å². The Kier molecular flexibility index (Phi) is 9.38. The van der Waals surface area contributed by atoms with Crippen molar-refractivity contribution < 1.29 is 9.47 Å². The summed E-state index contributed by atoms with van der Waals surface area (Å²) >= 11 is 0. The van der Waals surface area contributed by atoms with Gasteiger partial charge in [0.1, 0.15) is 0 Å². The van der Waals surface area contributed by atoms with Crippen LogP contribution in [0.4, 0.5) is 0 Å². The SMILES string of the molecule is CCNC(=NCc1cccc(COC2CCOCC2)c1)NC(C)C(C)c1ccccc1. The van der Waals surface area contributed by atoms with Gasteiger partial charge in [-0.2, -0.15) is 0 Å².